The van der Waals surface area contributed by atoms with Gasteiger partial charge in [0.2, 0.25) is 0 Å². The lowest BCUT2D eigenvalue weighted by atomic mass is 9.99. The summed E-state index contributed by atoms with van der Waals surface area (Å²) in [7, 11) is 0. The lowest BCUT2D eigenvalue weighted by Gasteiger charge is -2.20. The second-order valence-corrected chi connectivity index (χ2v) is 8.32. The fourth-order valence-electron chi connectivity index (χ4n) is 3.38. The van der Waals surface area contributed by atoms with Gasteiger partial charge in [0.15, 0.2) is 6.10 Å². The second-order valence-electron chi connectivity index (χ2n) is 8.32. The van der Waals surface area contributed by atoms with E-state index in [0.717, 1.165) is 77.0 Å². The van der Waals surface area contributed by atoms with Gasteiger partial charge in [-0.15, -0.1) is 0 Å². The van der Waals surface area contributed by atoms with E-state index < -0.39 is 6.10 Å². The van der Waals surface area contributed by atoms with Crippen LogP contribution in [0.1, 0.15) is 118 Å². The summed E-state index contributed by atoms with van der Waals surface area (Å²) in [5, 5.41) is 0. The fourth-order valence-corrected chi connectivity index (χ4v) is 3.38. The first kappa shape index (κ1) is 29.4. The molecule has 0 saturated carbocycles. The Morgan fingerprint density at radius 1 is 0.613 bits per heavy atom. The summed E-state index contributed by atoms with van der Waals surface area (Å²) in [6, 6.07) is 0. The van der Waals surface area contributed by atoms with Crippen LogP contribution in [0, 0.1) is 5.92 Å². The van der Waals surface area contributed by atoms with E-state index in [1.54, 1.807) is 0 Å². The van der Waals surface area contributed by atoms with Crippen molar-refractivity contribution < 1.29 is 28.6 Å². The van der Waals surface area contributed by atoms with E-state index in [-0.39, 0.29) is 37.0 Å². The van der Waals surface area contributed by atoms with Crippen molar-refractivity contribution in [2.75, 3.05) is 13.2 Å². The van der Waals surface area contributed by atoms with Gasteiger partial charge in [-0.05, 0) is 25.7 Å². The van der Waals surface area contributed by atoms with Gasteiger partial charge < -0.3 is 14.2 Å². The Morgan fingerprint density at radius 3 is 1.74 bits per heavy atom. The molecule has 0 fully saturated rings. The second kappa shape index (κ2) is 20.3. The smallest absolute Gasteiger partial charge is 0.309 e. The summed E-state index contributed by atoms with van der Waals surface area (Å²) in [5.74, 6) is -1.05. The normalized spacial score (nSPS) is 11.9. The molecule has 0 aliphatic heterocycles. The van der Waals surface area contributed by atoms with Crippen LogP contribution in [0.2, 0.25) is 0 Å². The van der Waals surface area contributed by atoms with Crippen LogP contribution in [0.5, 0.6) is 0 Å². The van der Waals surface area contributed by atoms with E-state index in [0.29, 0.717) is 12.8 Å². The molecule has 0 spiro atoms. The molecule has 0 aromatic heterocycles. The lowest BCUT2D eigenvalue weighted by molar-refractivity contribution is -0.168. The Labute approximate surface area is 189 Å². The monoisotopic (exact) mass is 442 g/mol. The Bertz CT molecular complexity index is 471. The molecule has 1 atom stereocenters. The zero-order chi connectivity index (χ0) is 23.3. The number of carbonyl (C=O) groups is 3. The average molecular weight is 443 g/mol. The van der Waals surface area contributed by atoms with E-state index in [9.17, 15) is 14.4 Å². The minimum Gasteiger partial charge on any atom is -0.462 e. The predicted molar refractivity (Wildman–Crippen MR) is 123 cm³/mol. The van der Waals surface area contributed by atoms with Gasteiger partial charge in [-0.3, -0.25) is 14.4 Å². The fraction of sp³-hybridized carbons (Fsp3) is 0.880. The zero-order valence-electron chi connectivity index (χ0n) is 20.4. The van der Waals surface area contributed by atoms with Crippen molar-refractivity contribution in [3.8, 4) is 0 Å². The van der Waals surface area contributed by atoms with Crippen LogP contribution in [0.4, 0.5) is 0 Å². The Balaban J connectivity index is 4.64. The third-order valence-electron chi connectivity index (χ3n) is 5.22. The lowest BCUT2D eigenvalue weighted by Crippen LogP contribution is -2.32. The third-order valence-corrected chi connectivity index (χ3v) is 5.22. The molecule has 31 heavy (non-hydrogen) atoms. The molecule has 0 aromatic rings. The largest absolute Gasteiger partial charge is 0.462 e. The number of ether oxygens (including phenoxy) is 3. The molecule has 1 unspecified atom stereocenters. The highest BCUT2D eigenvalue weighted by Crippen LogP contribution is 2.16. The molecular formula is C25H46O6. The first-order valence-electron chi connectivity index (χ1n) is 12.5. The maximum Gasteiger partial charge on any atom is 0.309 e. The topological polar surface area (TPSA) is 78.9 Å². The molecule has 0 saturated heterocycles. The molecule has 6 nitrogen and oxygen atoms in total. The summed E-state index contributed by atoms with van der Waals surface area (Å²) >= 11 is 0. The summed E-state index contributed by atoms with van der Waals surface area (Å²) in [4.78, 5) is 36.6. The standard InChI is InChI=1S/C25H46O6/c1-5-9-11-12-14-18-24(27)31-22(19-29-23(26)17-13-10-6-2)20-30-25(28)21(15-7-3)16-8-4/h21-22H,5-20H2,1-4H3. The number of esters is 3. The number of rotatable bonds is 20. The van der Waals surface area contributed by atoms with E-state index in [2.05, 4.69) is 13.8 Å². The number of hydrogen-bond acceptors (Lipinski definition) is 6. The van der Waals surface area contributed by atoms with Gasteiger partial charge in [0.25, 0.3) is 0 Å². The van der Waals surface area contributed by atoms with Gasteiger partial charge in [0, 0.05) is 12.8 Å². The number of unbranched alkanes of at least 4 members (excludes halogenated alkanes) is 6. The van der Waals surface area contributed by atoms with Gasteiger partial charge in [-0.1, -0.05) is 79.1 Å². The molecule has 0 heterocycles. The number of carbonyl (C=O) groups excluding carboxylic acids is 3. The third kappa shape index (κ3) is 16.7. The molecule has 0 aliphatic carbocycles. The minimum absolute atomic E-state index is 0.0768. The highest BCUT2D eigenvalue weighted by atomic mass is 16.6. The van der Waals surface area contributed by atoms with Crippen LogP contribution in [-0.4, -0.2) is 37.2 Å². The van der Waals surface area contributed by atoms with Gasteiger partial charge >= 0.3 is 17.9 Å². The quantitative estimate of drug-likeness (QED) is 0.128. The molecule has 6 heteroatoms. The maximum absolute atomic E-state index is 12.4. The summed E-state index contributed by atoms with van der Waals surface area (Å²) in [5.41, 5.74) is 0. The van der Waals surface area contributed by atoms with Gasteiger partial charge in [0.1, 0.15) is 13.2 Å². The van der Waals surface area contributed by atoms with Crippen LogP contribution < -0.4 is 0 Å². The van der Waals surface area contributed by atoms with Crippen molar-refractivity contribution in [1.29, 1.82) is 0 Å². The predicted octanol–water partition coefficient (Wildman–Crippen LogP) is 6.14. The molecule has 0 bridgehead atoms. The Hall–Kier alpha value is -1.59. The molecule has 0 aromatic carbocycles. The van der Waals surface area contributed by atoms with Crippen LogP contribution in [0.25, 0.3) is 0 Å². The Morgan fingerprint density at radius 2 is 1.13 bits per heavy atom. The van der Waals surface area contributed by atoms with E-state index >= 15 is 0 Å². The first-order valence-corrected chi connectivity index (χ1v) is 12.5. The van der Waals surface area contributed by atoms with E-state index in [1.807, 2.05) is 13.8 Å². The van der Waals surface area contributed by atoms with Gasteiger partial charge in [0.05, 0.1) is 5.92 Å². The van der Waals surface area contributed by atoms with E-state index in [1.165, 1.54) is 0 Å². The molecule has 0 rings (SSSR count). The van der Waals surface area contributed by atoms with Crippen molar-refractivity contribution >= 4 is 17.9 Å². The Kier molecular flexibility index (Phi) is 19.3. The summed E-state index contributed by atoms with van der Waals surface area (Å²) in [6.07, 6.45) is 11.3. The molecule has 0 radical (unpaired) electrons. The van der Waals surface area contributed by atoms with Crippen molar-refractivity contribution in [2.24, 2.45) is 5.92 Å². The summed E-state index contributed by atoms with van der Waals surface area (Å²) < 4.78 is 16.2. The van der Waals surface area contributed by atoms with E-state index in [4.69, 9.17) is 14.2 Å². The van der Waals surface area contributed by atoms with Crippen LogP contribution in [0.3, 0.4) is 0 Å². The number of hydrogen-bond donors (Lipinski definition) is 0. The van der Waals surface area contributed by atoms with Crippen molar-refractivity contribution in [1.82, 2.24) is 0 Å². The first-order chi connectivity index (χ1) is 15.0. The molecular weight excluding hydrogens is 396 g/mol. The van der Waals surface area contributed by atoms with Crippen molar-refractivity contribution in [2.45, 2.75) is 124 Å². The van der Waals surface area contributed by atoms with Crippen LogP contribution >= 0.6 is 0 Å². The van der Waals surface area contributed by atoms with Crippen molar-refractivity contribution in [3.63, 3.8) is 0 Å². The average Bonchev–Trinajstić information content (AvgIpc) is 2.75. The zero-order valence-corrected chi connectivity index (χ0v) is 20.4. The molecule has 0 N–H and O–H groups in total. The van der Waals surface area contributed by atoms with Crippen LogP contribution in [0.15, 0.2) is 0 Å². The highest BCUT2D eigenvalue weighted by molar-refractivity contribution is 5.72. The molecule has 0 amide bonds. The molecule has 182 valence electrons. The SMILES string of the molecule is CCCCCCCC(=O)OC(COC(=O)CCCCC)COC(=O)C(CCC)CCC. The maximum atomic E-state index is 12.4. The molecule has 0 aliphatic rings. The summed E-state index contributed by atoms with van der Waals surface area (Å²) in [6.45, 7) is 8.15. The van der Waals surface area contributed by atoms with Gasteiger partial charge in [-0.2, -0.15) is 0 Å². The van der Waals surface area contributed by atoms with Crippen LogP contribution in [-0.2, 0) is 28.6 Å². The minimum atomic E-state index is -0.758. The van der Waals surface area contributed by atoms with Crippen molar-refractivity contribution in [3.05, 3.63) is 0 Å². The highest BCUT2D eigenvalue weighted by Gasteiger charge is 2.23. The van der Waals surface area contributed by atoms with Gasteiger partial charge in [-0.25, -0.2) is 0 Å².